The topological polar surface area (TPSA) is 300 Å². The molecule has 0 spiro atoms. The van der Waals surface area contributed by atoms with Gasteiger partial charge in [-0.2, -0.15) is 33.7 Å². The van der Waals surface area contributed by atoms with Crippen molar-refractivity contribution in [2.24, 2.45) is 0 Å². The van der Waals surface area contributed by atoms with E-state index in [4.69, 9.17) is 0 Å². The van der Waals surface area contributed by atoms with Crippen molar-refractivity contribution in [2.75, 3.05) is 0 Å². The molecule has 0 saturated heterocycles. The Kier molecular flexibility index (Phi) is 17.8. The van der Waals surface area contributed by atoms with Crippen molar-refractivity contribution in [1.82, 2.24) is 24.5 Å². The van der Waals surface area contributed by atoms with Gasteiger partial charge in [0, 0.05) is 24.0 Å². The van der Waals surface area contributed by atoms with Gasteiger partial charge in [-0.05, 0) is 218 Å². The molecule has 5 aromatic heterocycles. The zero-order chi connectivity index (χ0) is 63.9. The van der Waals surface area contributed by atoms with Crippen molar-refractivity contribution in [3.63, 3.8) is 0 Å². The smallest absolute Gasteiger partial charge is 0.294 e. The van der Waals surface area contributed by atoms with E-state index in [-0.39, 0.29) is 55.2 Å². The van der Waals surface area contributed by atoms with Crippen LogP contribution in [0.1, 0.15) is 131 Å². The van der Waals surface area contributed by atoms with Gasteiger partial charge in [-0.15, -0.1) is 0 Å². The molecule has 90 heavy (non-hydrogen) atoms. The second-order valence-corrected chi connectivity index (χ2v) is 29.2. The minimum Gasteiger partial charge on any atom is -0.357 e. The first-order valence-electron chi connectivity index (χ1n) is 29.3. The molecule has 0 amide bonds. The van der Waals surface area contributed by atoms with Crippen LogP contribution in [0.4, 0.5) is 0 Å². The molecule has 6 atom stereocenters. The van der Waals surface area contributed by atoms with Crippen LogP contribution >= 0.6 is 0 Å². The number of hydrogen-bond acceptors (Lipinski definition) is 8. The van der Waals surface area contributed by atoms with Crippen LogP contribution in [0.25, 0.3) is 34.2 Å². The summed E-state index contributed by atoms with van der Waals surface area (Å²) in [4.78, 5) is 16.7. The van der Waals surface area contributed by atoms with E-state index >= 15 is 0 Å². The number of aromatic nitrogens is 5. The van der Waals surface area contributed by atoms with Crippen molar-refractivity contribution in [2.45, 2.75) is 115 Å². The van der Waals surface area contributed by atoms with Crippen molar-refractivity contribution >= 4 is 46.2 Å². The number of aromatic amines is 4. The summed E-state index contributed by atoms with van der Waals surface area (Å²) in [7, 11) is -18.1. The number of hydrogen-bond donors (Lipinski definition) is 9. The number of nitrogens with one attached hydrogen (secondary N) is 5. The number of benzene rings is 5. The standard InChI is InChI=1S/C68H68N6O12S4/c1-42(47-11-19-55(20-12-47)87(75,76)77)37-52(39-54(51-17-25-58(26-18-51)90(84,85)86)40-53(50-15-23-57(24-16-50)89(81,82)83)38-43(2)48-13-21-56(22-14-48)88(78,79)80)49-9-7-46(8-10-49)41-74-67(65-28-6-45(4)70-65)35-36-68(74)66-34-33-64(73-66)63-32-31-62(72-63)61-30-29-60(71-61)59-27-5-44(3)69-59/h5-36,42-43,52-54,66,69-72H,37-41H2,1-4H3,(H,75,76,77)(H,78,79,80)(H,81,82,83)(H,84,85,86)/p+1. The van der Waals surface area contributed by atoms with Gasteiger partial charge in [0.15, 0.2) is 0 Å². The van der Waals surface area contributed by atoms with Crippen LogP contribution in [-0.4, -0.2) is 82.1 Å². The molecule has 10 aromatic rings. The lowest BCUT2D eigenvalue weighted by Gasteiger charge is -2.31. The van der Waals surface area contributed by atoms with E-state index in [9.17, 15) is 51.9 Å². The maximum Gasteiger partial charge on any atom is 0.294 e. The predicted octanol–water partition coefficient (Wildman–Crippen LogP) is 12.5. The average molecular weight is 1290 g/mol. The molecule has 18 nitrogen and oxygen atoms in total. The molecule has 11 rings (SSSR count). The molecule has 0 bridgehead atoms. The highest BCUT2D eigenvalue weighted by Crippen LogP contribution is 2.45. The summed E-state index contributed by atoms with van der Waals surface area (Å²) in [5, 5.41) is 0. The summed E-state index contributed by atoms with van der Waals surface area (Å²) < 4.78 is 140. The lowest BCUT2D eigenvalue weighted by atomic mass is 9.73. The SMILES string of the molecule is Cc1ccc(-c2ccc(-c3ccc(C4=[NH+]C(c5ccc(-c6ccc(C)[nH]6)n5Cc5ccc(C(CC(C)c6ccc(S(=O)(=O)O)cc6)CC(CC(CC(C)c6ccc(S(=O)(=O)O)cc6)c6ccc(S(=O)(=O)O)cc6)c6ccc(S(=O)(=O)O)cc6)cc5)C=C4)[nH]3)[nH]2)[nH]1. The van der Waals surface area contributed by atoms with Crippen LogP contribution in [0.5, 0.6) is 0 Å². The van der Waals surface area contributed by atoms with Crippen LogP contribution in [0.15, 0.2) is 214 Å². The molecule has 22 heteroatoms. The van der Waals surface area contributed by atoms with E-state index < -0.39 is 40.5 Å². The van der Waals surface area contributed by atoms with Gasteiger partial charge in [-0.25, -0.2) is 4.99 Å². The minimum absolute atomic E-state index is 0.178. The third-order valence-corrected chi connectivity index (χ3v) is 20.8. The van der Waals surface area contributed by atoms with E-state index in [2.05, 4.69) is 114 Å². The summed E-state index contributed by atoms with van der Waals surface area (Å²) >= 11 is 0. The summed E-state index contributed by atoms with van der Waals surface area (Å²) in [6, 6.07) is 53.1. The fourth-order valence-corrected chi connectivity index (χ4v) is 14.4. The first-order chi connectivity index (χ1) is 42.7. The van der Waals surface area contributed by atoms with E-state index in [0.29, 0.717) is 32.2 Å². The zero-order valence-electron chi connectivity index (χ0n) is 49.6. The van der Waals surface area contributed by atoms with Gasteiger partial charge in [-0.3, -0.25) is 18.2 Å². The largest absolute Gasteiger partial charge is 0.357 e. The van der Waals surface area contributed by atoms with Crippen LogP contribution in [-0.2, 0) is 47.0 Å². The van der Waals surface area contributed by atoms with Gasteiger partial charge in [0.1, 0.15) is 5.69 Å². The molecule has 5 aromatic carbocycles. The molecule has 466 valence electrons. The Bertz CT molecular complexity index is 4750. The molecule has 9 N–H and O–H groups in total. The first kappa shape index (κ1) is 63.1. The zero-order valence-corrected chi connectivity index (χ0v) is 52.9. The molecular formula is C68H69N6O12S4+. The third-order valence-electron chi connectivity index (χ3n) is 17.3. The average Bonchev–Trinajstić information content (AvgIpc) is 1.71. The van der Waals surface area contributed by atoms with Crippen LogP contribution in [0, 0.1) is 13.8 Å². The minimum atomic E-state index is -4.58. The summed E-state index contributed by atoms with van der Waals surface area (Å²) in [6.45, 7) is 8.55. The van der Waals surface area contributed by atoms with E-state index in [1.54, 1.807) is 48.5 Å². The quantitative estimate of drug-likeness (QED) is 0.0255. The molecular weight excluding hydrogens is 1220 g/mol. The molecule has 6 heterocycles. The maximum atomic E-state index is 12.4. The Labute approximate surface area is 523 Å². The van der Waals surface area contributed by atoms with Crippen LogP contribution in [0.3, 0.4) is 0 Å². The fourth-order valence-electron chi connectivity index (χ4n) is 12.5. The molecule has 0 fully saturated rings. The number of allylic oxidation sites excluding steroid dienone is 1. The number of nitrogens with zero attached hydrogens (tertiary/aromatic N) is 1. The highest BCUT2D eigenvalue weighted by atomic mass is 32.2. The second-order valence-electron chi connectivity index (χ2n) is 23.6. The highest BCUT2D eigenvalue weighted by molar-refractivity contribution is 7.86. The van der Waals surface area contributed by atoms with Gasteiger partial charge < -0.3 is 24.5 Å². The normalized spacial score (nSPS) is 15.6. The monoisotopic (exact) mass is 1290 g/mol. The van der Waals surface area contributed by atoms with Crippen molar-refractivity contribution in [1.29, 1.82) is 0 Å². The van der Waals surface area contributed by atoms with Gasteiger partial charge in [0.2, 0.25) is 11.8 Å². The van der Waals surface area contributed by atoms with Gasteiger partial charge in [0.25, 0.3) is 40.5 Å². The Balaban J connectivity index is 0.937. The van der Waals surface area contributed by atoms with Crippen LogP contribution < -0.4 is 4.99 Å². The molecule has 0 radical (unpaired) electrons. The number of H-pyrrole nitrogens is 4. The fraction of sp³-hybridized carbons (Fsp3) is 0.221. The summed E-state index contributed by atoms with van der Waals surface area (Å²) in [6.07, 6.45) is 6.11. The number of rotatable bonds is 24. The Morgan fingerprint density at radius 1 is 0.400 bits per heavy atom. The summed E-state index contributed by atoms with van der Waals surface area (Å²) in [5.74, 6) is -1.35. The first-order valence-corrected chi connectivity index (χ1v) is 35.1. The highest BCUT2D eigenvalue weighted by Gasteiger charge is 2.31. The maximum absolute atomic E-state index is 12.4. The molecule has 1 aliphatic heterocycles. The van der Waals surface area contributed by atoms with Crippen LogP contribution in [0.2, 0.25) is 0 Å². The molecule has 0 aliphatic carbocycles. The van der Waals surface area contributed by atoms with E-state index in [1.807, 2.05) is 39.8 Å². The Hall–Kier alpha value is -8.45. The number of aryl methyl sites for hydroxylation is 2. The van der Waals surface area contributed by atoms with Crippen molar-refractivity contribution in [3.05, 3.63) is 250 Å². The van der Waals surface area contributed by atoms with Crippen molar-refractivity contribution in [3.8, 4) is 34.2 Å². The third kappa shape index (κ3) is 14.6. The Morgan fingerprint density at radius 2 is 0.744 bits per heavy atom. The van der Waals surface area contributed by atoms with Gasteiger partial charge in [-0.1, -0.05) is 86.6 Å². The molecule has 6 unspecified atom stereocenters. The second kappa shape index (κ2) is 25.4. The lowest BCUT2D eigenvalue weighted by molar-refractivity contribution is -0.491. The van der Waals surface area contributed by atoms with Crippen molar-refractivity contribution < 1.29 is 56.9 Å². The van der Waals surface area contributed by atoms with Gasteiger partial charge in [0.05, 0.1) is 59.4 Å². The lowest BCUT2D eigenvalue weighted by Crippen LogP contribution is -2.71. The summed E-state index contributed by atoms with van der Waals surface area (Å²) in [5.41, 5.74) is 15.9. The van der Waals surface area contributed by atoms with E-state index in [0.717, 1.165) is 96.0 Å². The van der Waals surface area contributed by atoms with Gasteiger partial charge >= 0.3 is 0 Å². The Morgan fingerprint density at radius 3 is 1.14 bits per heavy atom. The predicted molar refractivity (Wildman–Crippen MR) is 345 cm³/mol. The molecule has 0 saturated carbocycles. The molecule has 1 aliphatic rings. The van der Waals surface area contributed by atoms with E-state index in [1.165, 1.54) is 48.5 Å².